The molecule has 3 rings (SSSR count). The van der Waals surface area contributed by atoms with E-state index in [1.165, 1.54) is 0 Å². The number of hydrogen-bond donors (Lipinski definition) is 2. The molecule has 0 spiro atoms. The third-order valence-corrected chi connectivity index (χ3v) is 5.79. The number of amides is 2. The predicted molar refractivity (Wildman–Crippen MR) is 95.2 cm³/mol. The summed E-state index contributed by atoms with van der Waals surface area (Å²) in [5, 5.41) is 12.2. The molecule has 2 fully saturated rings. The number of halogens is 1. The van der Waals surface area contributed by atoms with Crippen LogP contribution in [0, 0.1) is 12.3 Å². The van der Waals surface area contributed by atoms with Gasteiger partial charge in [-0.3, -0.25) is 13.9 Å². The molecule has 1 saturated heterocycles. The van der Waals surface area contributed by atoms with Gasteiger partial charge in [0.25, 0.3) is 10.1 Å². The number of fused-ring (bicyclic) bond motifs is 1. The number of piperidine rings is 1. The topological polar surface area (TPSA) is 126 Å². The zero-order valence-electron chi connectivity index (χ0n) is 14.1. The first-order valence-corrected chi connectivity index (χ1v) is 10.4. The standard InChI is InChI=1S/C15H18BrN3O6S/c1-8-3-4-11(16)17-12(8)18-13(20)9-5-15(7-25-26(2,23)24)6-10(15)19(9)14(21)22/h3-4,9-10H,5-7H2,1-2H3,(H,21,22)(H,17,18,20). The molecule has 2 heterocycles. The normalized spacial score (nSPS) is 27.1. The lowest BCUT2D eigenvalue weighted by atomic mass is 10.0. The lowest BCUT2D eigenvalue weighted by Crippen LogP contribution is -2.45. The van der Waals surface area contributed by atoms with Gasteiger partial charge in [0.2, 0.25) is 5.91 Å². The summed E-state index contributed by atoms with van der Waals surface area (Å²) in [5.74, 6) is -0.149. The maximum atomic E-state index is 12.7. The largest absolute Gasteiger partial charge is 0.465 e. The lowest BCUT2D eigenvalue weighted by Gasteiger charge is -2.24. The lowest BCUT2D eigenvalue weighted by molar-refractivity contribution is -0.120. The number of rotatable bonds is 5. The highest BCUT2D eigenvalue weighted by Crippen LogP contribution is 2.59. The molecule has 0 bridgehead atoms. The molecule has 2 N–H and O–H groups in total. The minimum atomic E-state index is -3.64. The highest BCUT2D eigenvalue weighted by Gasteiger charge is 2.68. The molecule has 2 amide bonds. The number of anilines is 1. The second-order valence-corrected chi connectivity index (χ2v) is 9.20. The van der Waals surface area contributed by atoms with Crippen molar-refractivity contribution in [3.63, 3.8) is 0 Å². The van der Waals surface area contributed by atoms with E-state index < -0.39 is 39.6 Å². The van der Waals surface area contributed by atoms with Crippen molar-refractivity contribution in [1.82, 2.24) is 9.88 Å². The van der Waals surface area contributed by atoms with Crippen LogP contribution < -0.4 is 5.32 Å². The van der Waals surface area contributed by atoms with Crippen molar-refractivity contribution in [3.8, 4) is 0 Å². The van der Waals surface area contributed by atoms with Crippen molar-refractivity contribution in [1.29, 1.82) is 0 Å². The van der Waals surface area contributed by atoms with E-state index in [4.69, 9.17) is 4.18 Å². The van der Waals surface area contributed by atoms with E-state index in [0.29, 0.717) is 16.8 Å². The molecular formula is C15H18BrN3O6S. The van der Waals surface area contributed by atoms with Crippen LogP contribution in [-0.4, -0.2) is 60.4 Å². The van der Waals surface area contributed by atoms with Crippen LogP contribution in [0.3, 0.4) is 0 Å². The fourth-order valence-electron chi connectivity index (χ4n) is 3.40. The van der Waals surface area contributed by atoms with Crippen molar-refractivity contribution in [2.75, 3.05) is 18.2 Å². The summed E-state index contributed by atoms with van der Waals surface area (Å²) in [4.78, 5) is 29.6. The number of nitrogens with zero attached hydrogens (tertiary/aromatic N) is 2. The molecule has 3 unspecified atom stereocenters. The van der Waals surface area contributed by atoms with Crippen molar-refractivity contribution < 1.29 is 27.3 Å². The monoisotopic (exact) mass is 447 g/mol. The highest BCUT2D eigenvalue weighted by molar-refractivity contribution is 9.10. The maximum absolute atomic E-state index is 12.7. The van der Waals surface area contributed by atoms with Crippen molar-refractivity contribution >= 4 is 43.9 Å². The van der Waals surface area contributed by atoms with Crippen LogP contribution in [0.15, 0.2) is 16.7 Å². The van der Waals surface area contributed by atoms with Crippen LogP contribution >= 0.6 is 15.9 Å². The molecule has 2 aliphatic rings. The van der Waals surface area contributed by atoms with Gasteiger partial charge in [-0.2, -0.15) is 8.42 Å². The van der Waals surface area contributed by atoms with Gasteiger partial charge in [0, 0.05) is 11.5 Å². The van der Waals surface area contributed by atoms with Crippen LogP contribution in [0.1, 0.15) is 18.4 Å². The molecule has 0 aromatic carbocycles. The number of hydrogen-bond acceptors (Lipinski definition) is 6. The van der Waals surface area contributed by atoms with Gasteiger partial charge in [-0.05, 0) is 47.3 Å². The Kier molecular flexibility index (Phi) is 4.74. The Morgan fingerprint density at radius 2 is 2.15 bits per heavy atom. The van der Waals surface area contributed by atoms with E-state index in [1.807, 2.05) is 0 Å². The van der Waals surface area contributed by atoms with Crippen LogP contribution in [-0.2, 0) is 19.1 Å². The SMILES string of the molecule is Cc1ccc(Br)nc1NC(=O)C1CC2(COS(C)(=O)=O)CC2N1C(=O)O. The zero-order valence-corrected chi connectivity index (χ0v) is 16.5. The first-order chi connectivity index (χ1) is 12.0. The molecule has 1 aliphatic heterocycles. The van der Waals surface area contributed by atoms with E-state index >= 15 is 0 Å². The van der Waals surface area contributed by atoms with Gasteiger partial charge in [0.15, 0.2) is 0 Å². The average Bonchev–Trinajstić information content (AvgIpc) is 3.12. The number of likely N-dealkylation sites (tertiary alicyclic amines) is 1. The fourth-order valence-corrected chi connectivity index (χ4v) is 4.15. The number of carbonyl (C=O) groups excluding carboxylic acids is 1. The van der Waals surface area contributed by atoms with Gasteiger partial charge < -0.3 is 10.4 Å². The summed E-state index contributed by atoms with van der Waals surface area (Å²) in [7, 11) is -3.64. The van der Waals surface area contributed by atoms with E-state index in [2.05, 4.69) is 26.2 Å². The molecule has 11 heteroatoms. The Hall–Kier alpha value is -1.72. The van der Waals surface area contributed by atoms with E-state index in [-0.39, 0.29) is 13.0 Å². The smallest absolute Gasteiger partial charge is 0.408 e. The number of aromatic nitrogens is 1. The predicted octanol–water partition coefficient (Wildman–Crippen LogP) is 1.58. The Morgan fingerprint density at radius 3 is 2.77 bits per heavy atom. The van der Waals surface area contributed by atoms with Gasteiger partial charge in [-0.1, -0.05) is 6.07 Å². The first-order valence-electron chi connectivity index (χ1n) is 7.82. The molecule has 1 saturated carbocycles. The van der Waals surface area contributed by atoms with E-state index in [1.54, 1.807) is 19.1 Å². The Bertz CT molecular complexity index is 876. The summed E-state index contributed by atoms with van der Waals surface area (Å²) in [6.07, 6.45) is 0.412. The van der Waals surface area contributed by atoms with E-state index in [0.717, 1.165) is 16.7 Å². The second-order valence-electron chi connectivity index (χ2n) is 6.75. The Morgan fingerprint density at radius 1 is 1.46 bits per heavy atom. The summed E-state index contributed by atoms with van der Waals surface area (Å²) in [6, 6.07) is 2.16. The van der Waals surface area contributed by atoms with Crippen molar-refractivity contribution in [2.45, 2.75) is 31.8 Å². The molecule has 0 radical (unpaired) electrons. The molecule has 1 aromatic heterocycles. The third-order valence-electron chi connectivity index (χ3n) is 4.81. The fraction of sp³-hybridized carbons (Fsp3) is 0.533. The molecule has 142 valence electrons. The first kappa shape index (κ1) is 19.1. The minimum absolute atomic E-state index is 0.127. The average molecular weight is 448 g/mol. The van der Waals surface area contributed by atoms with Gasteiger partial charge in [0.05, 0.1) is 12.9 Å². The Balaban J connectivity index is 1.77. The van der Waals surface area contributed by atoms with Crippen molar-refractivity contribution in [2.24, 2.45) is 5.41 Å². The molecule has 3 atom stereocenters. The van der Waals surface area contributed by atoms with Crippen LogP contribution in [0.5, 0.6) is 0 Å². The number of pyridine rings is 1. The molecule has 26 heavy (non-hydrogen) atoms. The second kappa shape index (κ2) is 6.46. The summed E-state index contributed by atoms with van der Waals surface area (Å²) in [5.41, 5.74) is 0.102. The van der Waals surface area contributed by atoms with E-state index in [9.17, 15) is 23.1 Å². The van der Waals surface area contributed by atoms with Crippen molar-refractivity contribution in [3.05, 3.63) is 22.3 Å². The van der Waals surface area contributed by atoms with Crippen LogP contribution in [0.2, 0.25) is 0 Å². The number of aryl methyl sites for hydroxylation is 1. The van der Waals surface area contributed by atoms with Gasteiger partial charge in [-0.25, -0.2) is 9.78 Å². The summed E-state index contributed by atoms with van der Waals surface area (Å²) in [6.45, 7) is 1.65. The summed E-state index contributed by atoms with van der Waals surface area (Å²) >= 11 is 3.23. The maximum Gasteiger partial charge on any atom is 0.408 e. The highest BCUT2D eigenvalue weighted by atomic mass is 79.9. The minimum Gasteiger partial charge on any atom is -0.465 e. The summed E-state index contributed by atoms with van der Waals surface area (Å²) < 4.78 is 27.9. The number of nitrogens with one attached hydrogen (secondary N) is 1. The van der Waals surface area contributed by atoms with Gasteiger partial charge >= 0.3 is 6.09 Å². The Labute approximate surface area is 159 Å². The van der Waals surface area contributed by atoms with Gasteiger partial charge in [0.1, 0.15) is 16.5 Å². The number of carbonyl (C=O) groups is 2. The number of carboxylic acid groups (broad SMARTS) is 1. The third kappa shape index (κ3) is 3.69. The molecule has 1 aromatic rings. The van der Waals surface area contributed by atoms with Crippen LogP contribution in [0.4, 0.5) is 10.6 Å². The zero-order chi connectivity index (χ0) is 19.3. The molecule has 1 aliphatic carbocycles. The van der Waals surface area contributed by atoms with Crippen LogP contribution in [0.25, 0.3) is 0 Å². The van der Waals surface area contributed by atoms with Gasteiger partial charge in [-0.15, -0.1) is 0 Å². The molecule has 9 nitrogen and oxygen atoms in total. The quantitative estimate of drug-likeness (QED) is 0.518. The molecular weight excluding hydrogens is 430 g/mol.